The quantitative estimate of drug-likeness (QED) is 0.482. The second kappa shape index (κ2) is 8.07. The lowest BCUT2D eigenvalue weighted by Gasteiger charge is -2.10. The minimum absolute atomic E-state index is 0.461. The lowest BCUT2D eigenvalue weighted by Crippen LogP contribution is -2.11. The first-order valence-electron chi connectivity index (χ1n) is 7.53. The molecule has 3 rings (SSSR count). The number of methoxy groups -OCH3 is 2. The van der Waals surface area contributed by atoms with E-state index in [1.54, 1.807) is 32.4 Å². The Hall–Kier alpha value is -2.09. The Bertz CT molecular complexity index is 933. The zero-order valence-corrected chi connectivity index (χ0v) is 16.4. The summed E-state index contributed by atoms with van der Waals surface area (Å²) in [5.41, 5.74) is 1.63. The lowest BCUT2D eigenvalue weighted by molar-refractivity contribution is 0.400. The number of nitrogen functional groups attached to an aromatic ring is 1. The number of rotatable bonds is 6. The molecular formula is C17H16Cl2N4O2S. The Balaban J connectivity index is 1.83. The number of ether oxygens (including phenoxy) is 2. The summed E-state index contributed by atoms with van der Waals surface area (Å²) in [5, 5.41) is 9.86. The van der Waals surface area contributed by atoms with Gasteiger partial charge in [0.15, 0.2) is 5.82 Å². The van der Waals surface area contributed by atoms with E-state index in [0.717, 1.165) is 17.1 Å². The minimum Gasteiger partial charge on any atom is -0.497 e. The molecule has 3 aromatic rings. The summed E-state index contributed by atoms with van der Waals surface area (Å²) in [6.45, 7) is 0. The Labute approximate surface area is 165 Å². The third kappa shape index (κ3) is 3.85. The number of nitrogens with two attached hydrogens (primary N) is 1. The van der Waals surface area contributed by atoms with Crippen molar-refractivity contribution >= 4 is 35.0 Å². The molecular weight excluding hydrogens is 395 g/mol. The summed E-state index contributed by atoms with van der Waals surface area (Å²) in [6.07, 6.45) is 0. The monoisotopic (exact) mass is 410 g/mol. The first-order valence-corrected chi connectivity index (χ1v) is 9.27. The predicted molar refractivity (Wildman–Crippen MR) is 105 cm³/mol. The number of benzene rings is 2. The standard InChI is InChI=1S/C17H16Cl2N4O2S/c1-24-12-4-6-15(25-2)10(7-12)9-26-17-22-21-16(23(17)20)13-5-3-11(18)8-14(13)19/h3-8H,9,20H2,1-2H3. The van der Waals surface area contributed by atoms with E-state index in [4.69, 9.17) is 38.5 Å². The molecule has 0 aliphatic heterocycles. The molecule has 26 heavy (non-hydrogen) atoms. The van der Waals surface area contributed by atoms with Crippen LogP contribution in [0.3, 0.4) is 0 Å². The van der Waals surface area contributed by atoms with Gasteiger partial charge in [0.1, 0.15) is 11.5 Å². The zero-order valence-electron chi connectivity index (χ0n) is 14.1. The Morgan fingerprint density at radius 2 is 1.88 bits per heavy atom. The van der Waals surface area contributed by atoms with Gasteiger partial charge in [0.25, 0.3) is 0 Å². The van der Waals surface area contributed by atoms with Crippen molar-refractivity contribution in [1.82, 2.24) is 14.9 Å². The molecule has 136 valence electrons. The molecule has 9 heteroatoms. The van der Waals surface area contributed by atoms with Gasteiger partial charge in [0, 0.05) is 21.9 Å². The topological polar surface area (TPSA) is 75.2 Å². The first kappa shape index (κ1) is 18.7. The molecule has 1 aromatic heterocycles. The molecule has 2 N–H and O–H groups in total. The van der Waals surface area contributed by atoms with Gasteiger partial charge in [-0.3, -0.25) is 0 Å². The van der Waals surface area contributed by atoms with E-state index < -0.39 is 0 Å². The SMILES string of the molecule is COc1ccc(OC)c(CSc2nnc(-c3ccc(Cl)cc3Cl)n2N)c1. The maximum absolute atomic E-state index is 6.23. The van der Waals surface area contributed by atoms with Crippen molar-refractivity contribution in [2.75, 3.05) is 20.1 Å². The average molecular weight is 411 g/mol. The van der Waals surface area contributed by atoms with Crippen LogP contribution in [0.15, 0.2) is 41.6 Å². The zero-order chi connectivity index (χ0) is 18.7. The van der Waals surface area contributed by atoms with Gasteiger partial charge in [-0.05, 0) is 36.4 Å². The van der Waals surface area contributed by atoms with Crippen molar-refractivity contribution in [3.8, 4) is 22.9 Å². The fourth-order valence-electron chi connectivity index (χ4n) is 2.37. The highest BCUT2D eigenvalue weighted by molar-refractivity contribution is 7.98. The summed E-state index contributed by atoms with van der Waals surface area (Å²) >= 11 is 13.6. The van der Waals surface area contributed by atoms with Crippen LogP contribution in [-0.2, 0) is 5.75 Å². The Morgan fingerprint density at radius 1 is 1.08 bits per heavy atom. The number of thioether (sulfide) groups is 1. The average Bonchev–Trinajstić information content (AvgIpc) is 3.00. The molecule has 0 aliphatic carbocycles. The molecule has 0 fully saturated rings. The minimum atomic E-state index is 0.461. The summed E-state index contributed by atoms with van der Waals surface area (Å²) < 4.78 is 12.1. The fourth-order valence-corrected chi connectivity index (χ4v) is 3.69. The van der Waals surface area contributed by atoms with E-state index >= 15 is 0 Å². The van der Waals surface area contributed by atoms with Gasteiger partial charge in [-0.1, -0.05) is 35.0 Å². The molecule has 2 aromatic carbocycles. The summed E-state index contributed by atoms with van der Waals surface area (Å²) in [5.74, 6) is 8.73. The third-order valence-corrected chi connectivity index (χ3v) is 5.22. The number of halogens is 2. The van der Waals surface area contributed by atoms with E-state index in [1.807, 2.05) is 18.2 Å². The smallest absolute Gasteiger partial charge is 0.210 e. The summed E-state index contributed by atoms with van der Waals surface area (Å²) in [6, 6.07) is 10.8. The molecule has 0 spiro atoms. The van der Waals surface area contributed by atoms with Gasteiger partial charge in [-0.2, -0.15) is 0 Å². The molecule has 0 unspecified atom stereocenters. The Kier molecular flexibility index (Phi) is 5.80. The van der Waals surface area contributed by atoms with E-state index in [-0.39, 0.29) is 0 Å². The van der Waals surface area contributed by atoms with E-state index in [0.29, 0.717) is 32.3 Å². The highest BCUT2D eigenvalue weighted by Crippen LogP contribution is 2.33. The van der Waals surface area contributed by atoms with E-state index in [1.165, 1.54) is 16.4 Å². The normalized spacial score (nSPS) is 10.8. The molecule has 0 amide bonds. The lowest BCUT2D eigenvalue weighted by atomic mass is 10.2. The highest BCUT2D eigenvalue weighted by Gasteiger charge is 2.16. The van der Waals surface area contributed by atoms with Crippen LogP contribution in [0.1, 0.15) is 5.56 Å². The molecule has 1 heterocycles. The Morgan fingerprint density at radius 3 is 2.58 bits per heavy atom. The van der Waals surface area contributed by atoms with Crippen LogP contribution in [0.2, 0.25) is 10.0 Å². The van der Waals surface area contributed by atoms with Gasteiger partial charge < -0.3 is 15.3 Å². The molecule has 0 aliphatic rings. The van der Waals surface area contributed by atoms with Gasteiger partial charge >= 0.3 is 0 Å². The van der Waals surface area contributed by atoms with Crippen molar-refractivity contribution in [3.63, 3.8) is 0 Å². The summed E-state index contributed by atoms with van der Waals surface area (Å²) in [4.78, 5) is 0. The predicted octanol–water partition coefficient (Wildman–Crippen LogP) is 4.28. The van der Waals surface area contributed by atoms with Crippen molar-refractivity contribution in [2.24, 2.45) is 0 Å². The van der Waals surface area contributed by atoms with Crippen LogP contribution >= 0.6 is 35.0 Å². The first-order chi connectivity index (χ1) is 12.5. The van der Waals surface area contributed by atoms with Gasteiger partial charge in [0.05, 0.1) is 19.2 Å². The van der Waals surface area contributed by atoms with Crippen molar-refractivity contribution in [2.45, 2.75) is 10.9 Å². The maximum atomic E-state index is 6.23. The van der Waals surface area contributed by atoms with Crippen LogP contribution in [0, 0.1) is 0 Å². The van der Waals surface area contributed by atoms with Gasteiger partial charge in [-0.15, -0.1) is 10.2 Å². The number of hydrogen-bond acceptors (Lipinski definition) is 6. The summed E-state index contributed by atoms with van der Waals surface area (Å²) in [7, 11) is 3.25. The van der Waals surface area contributed by atoms with Crippen LogP contribution in [0.25, 0.3) is 11.4 Å². The van der Waals surface area contributed by atoms with Crippen molar-refractivity contribution in [1.29, 1.82) is 0 Å². The van der Waals surface area contributed by atoms with E-state index in [9.17, 15) is 0 Å². The van der Waals surface area contributed by atoms with Gasteiger partial charge in [0.2, 0.25) is 5.16 Å². The van der Waals surface area contributed by atoms with Crippen molar-refractivity contribution in [3.05, 3.63) is 52.0 Å². The number of hydrogen-bond donors (Lipinski definition) is 1. The molecule has 0 saturated heterocycles. The molecule has 0 radical (unpaired) electrons. The van der Waals surface area contributed by atoms with Crippen molar-refractivity contribution < 1.29 is 9.47 Å². The van der Waals surface area contributed by atoms with Crippen LogP contribution in [0.4, 0.5) is 0 Å². The van der Waals surface area contributed by atoms with E-state index in [2.05, 4.69) is 10.2 Å². The second-order valence-corrected chi connectivity index (χ2v) is 7.05. The molecule has 0 bridgehead atoms. The molecule has 6 nitrogen and oxygen atoms in total. The number of aromatic nitrogens is 3. The fraction of sp³-hybridized carbons (Fsp3) is 0.176. The second-order valence-electron chi connectivity index (χ2n) is 5.27. The van der Waals surface area contributed by atoms with Crippen LogP contribution in [-0.4, -0.2) is 29.1 Å². The number of nitrogens with zero attached hydrogens (tertiary/aromatic N) is 3. The van der Waals surface area contributed by atoms with Crippen LogP contribution in [0.5, 0.6) is 11.5 Å². The van der Waals surface area contributed by atoms with Gasteiger partial charge in [-0.25, -0.2) is 4.68 Å². The molecule has 0 atom stereocenters. The maximum Gasteiger partial charge on any atom is 0.210 e. The highest BCUT2D eigenvalue weighted by atomic mass is 35.5. The van der Waals surface area contributed by atoms with Crippen LogP contribution < -0.4 is 15.3 Å². The molecule has 0 saturated carbocycles. The largest absolute Gasteiger partial charge is 0.497 e. The third-order valence-electron chi connectivity index (χ3n) is 3.68.